The minimum atomic E-state index is -0.539. The summed E-state index contributed by atoms with van der Waals surface area (Å²) in [6, 6.07) is 13.4. The summed E-state index contributed by atoms with van der Waals surface area (Å²) < 4.78 is 21.8. The van der Waals surface area contributed by atoms with Crippen molar-refractivity contribution in [1.82, 2.24) is 9.80 Å². The maximum atomic E-state index is 12.8. The number of amides is 1. The summed E-state index contributed by atoms with van der Waals surface area (Å²) in [6.45, 7) is 5.94. The molecule has 2 aromatic rings. The van der Waals surface area contributed by atoms with E-state index < -0.39 is 6.10 Å². The number of hydrogen-bond donors (Lipinski definition) is 0. The van der Waals surface area contributed by atoms with Gasteiger partial charge in [-0.3, -0.25) is 9.69 Å². The van der Waals surface area contributed by atoms with Crippen LogP contribution in [-0.2, 0) is 11.3 Å². The van der Waals surface area contributed by atoms with Crippen molar-refractivity contribution in [3.05, 3.63) is 48.0 Å². The maximum Gasteiger partial charge on any atom is 0.263 e. The Morgan fingerprint density at radius 1 is 1.03 bits per heavy atom. The van der Waals surface area contributed by atoms with Crippen molar-refractivity contribution >= 4 is 5.91 Å². The van der Waals surface area contributed by atoms with Gasteiger partial charge in [0.05, 0.1) is 7.11 Å². The predicted octanol–water partition coefficient (Wildman–Crippen LogP) is 2.54. The molecule has 0 bridgehead atoms. The van der Waals surface area contributed by atoms with Crippen LogP contribution in [0.15, 0.2) is 42.5 Å². The van der Waals surface area contributed by atoms with E-state index in [0.717, 1.165) is 31.1 Å². The summed E-state index contributed by atoms with van der Waals surface area (Å²) in [5.74, 6) is 2.95. The Hall–Kier alpha value is -2.93. The summed E-state index contributed by atoms with van der Waals surface area (Å²) >= 11 is 0. The van der Waals surface area contributed by atoms with E-state index in [1.807, 2.05) is 35.2 Å². The number of benzene rings is 2. The molecule has 0 spiro atoms. The molecule has 0 aromatic heterocycles. The highest BCUT2D eigenvalue weighted by atomic mass is 16.7. The largest absolute Gasteiger partial charge is 0.497 e. The van der Waals surface area contributed by atoms with Crippen LogP contribution in [0.3, 0.4) is 0 Å². The van der Waals surface area contributed by atoms with Gasteiger partial charge in [-0.1, -0.05) is 12.1 Å². The zero-order valence-electron chi connectivity index (χ0n) is 16.8. The summed E-state index contributed by atoms with van der Waals surface area (Å²) in [5.41, 5.74) is 1.18. The quantitative estimate of drug-likeness (QED) is 0.745. The average Bonchev–Trinajstić information content (AvgIpc) is 3.22. The molecule has 0 N–H and O–H groups in total. The van der Waals surface area contributed by atoms with Gasteiger partial charge in [0, 0.05) is 38.8 Å². The monoisotopic (exact) mass is 398 g/mol. The van der Waals surface area contributed by atoms with E-state index >= 15 is 0 Å². The predicted molar refractivity (Wildman–Crippen MR) is 108 cm³/mol. The average molecular weight is 398 g/mol. The number of nitrogens with zero attached hydrogens (tertiary/aromatic N) is 2. The highest BCUT2D eigenvalue weighted by molar-refractivity contribution is 5.81. The Bertz CT molecular complexity index is 864. The third kappa shape index (κ3) is 4.56. The van der Waals surface area contributed by atoms with Crippen molar-refractivity contribution in [1.29, 1.82) is 0 Å². The van der Waals surface area contributed by atoms with Crippen LogP contribution in [0.4, 0.5) is 0 Å². The molecule has 1 unspecified atom stereocenters. The Kier molecular flexibility index (Phi) is 5.76. The van der Waals surface area contributed by atoms with Crippen molar-refractivity contribution in [3.8, 4) is 23.0 Å². The van der Waals surface area contributed by atoms with Gasteiger partial charge in [-0.2, -0.15) is 0 Å². The van der Waals surface area contributed by atoms with Crippen LogP contribution in [-0.4, -0.2) is 61.9 Å². The Morgan fingerprint density at radius 3 is 2.59 bits per heavy atom. The number of hydrogen-bond acceptors (Lipinski definition) is 6. The van der Waals surface area contributed by atoms with Crippen LogP contribution in [0, 0.1) is 0 Å². The lowest BCUT2D eigenvalue weighted by Gasteiger charge is -2.35. The number of fused-ring (bicyclic) bond motifs is 1. The molecule has 1 fully saturated rings. The first-order valence-electron chi connectivity index (χ1n) is 9.83. The van der Waals surface area contributed by atoms with Crippen LogP contribution in [0.5, 0.6) is 23.0 Å². The second-order valence-electron chi connectivity index (χ2n) is 7.23. The standard InChI is InChI=1S/C22H26N2O5/c1-16(29-19-5-3-4-18(13-19)26-2)22(25)24-10-8-23(9-11-24)14-17-6-7-20-21(12-17)28-15-27-20/h3-7,12-13,16H,8-11,14-15H2,1-2H3. The molecule has 29 heavy (non-hydrogen) atoms. The number of piperazine rings is 1. The van der Waals surface area contributed by atoms with Crippen molar-refractivity contribution in [3.63, 3.8) is 0 Å². The molecule has 0 radical (unpaired) electrons. The fraction of sp³-hybridized carbons (Fsp3) is 0.409. The molecule has 2 aromatic carbocycles. The Balaban J connectivity index is 1.27. The highest BCUT2D eigenvalue weighted by Crippen LogP contribution is 2.32. The van der Waals surface area contributed by atoms with Crippen LogP contribution < -0.4 is 18.9 Å². The molecule has 2 heterocycles. The summed E-state index contributed by atoms with van der Waals surface area (Å²) in [7, 11) is 1.61. The summed E-state index contributed by atoms with van der Waals surface area (Å²) in [5, 5.41) is 0. The number of carbonyl (C=O) groups excluding carboxylic acids is 1. The maximum absolute atomic E-state index is 12.8. The molecule has 7 heteroatoms. The van der Waals surface area contributed by atoms with Crippen molar-refractivity contribution < 1.29 is 23.7 Å². The molecule has 0 saturated carbocycles. The molecule has 1 amide bonds. The minimum Gasteiger partial charge on any atom is -0.497 e. The lowest BCUT2D eigenvalue weighted by atomic mass is 10.1. The van der Waals surface area contributed by atoms with E-state index in [1.54, 1.807) is 20.1 Å². The van der Waals surface area contributed by atoms with Crippen LogP contribution in [0.2, 0.25) is 0 Å². The zero-order chi connectivity index (χ0) is 20.2. The van der Waals surface area contributed by atoms with Gasteiger partial charge in [0.15, 0.2) is 17.6 Å². The fourth-order valence-electron chi connectivity index (χ4n) is 3.61. The minimum absolute atomic E-state index is 0.00977. The molecule has 1 saturated heterocycles. The molecular weight excluding hydrogens is 372 g/mol. The smallest absolute Gasteiger partial charge is 0.263 e. The van der Waals surface area contributed by atoms with E-state index in [2.05, 4.69) is 11.0 Å². The van der Waals surface area contributed by atoms with E-state index in [-0.39, 0.29) is 12.7 Å². The Morgan fingerprint density at radius 2 is 1.79 bits per heavy atom. The number of methoxy groups -OCH3 is 1. The highest BCUT2D eigenvalue weighted by Gasteiger charge is 2.26. The van der Waals surface area contributed by atoms with Crippen LogP contribution in [0.1, 0.15) is 12.5 Å². The first-order valence-corrected chi connectivity index (χ1v) is 9.83. The van der Waals surface area contributed by atoms with Crippen LogP contribution in [0.25, 0.3) is 0 Å². The molecule has 4 rings (SSSR count). The molecular formula is C22H26N2O5. The van der Waals surface area contributed by atoms with E-state index in [0.29, 0.717) is 24.6 Å². The van der Waals surface area contributed by atoms with Crippen LogP contribution >= 0.6 is 0 Å². The summed E-state index contributed by atoms with van der Waals surface area (Å²) in [4.78, 5) is 17.0. The second kappa shape index (κ2) is 8.61. The first-order chi connectivity index (χ1) is 14.1. The van der Waals surface area contributed by atoms with Gasteiger partial charge in [0.25, 0.3) is 5.91 Å². The van der Waals surface area contributed by atoms with Crippen molar-refractivity contribution in [2.75, 3.05) is 40.1 Å². The Labute approximate surface area is 170 Å². The zero-order valence-corrected chi connectivity index (χ0v) is 16.8. The van der Waals surface area contributed by atoms with E-state index in [1.165, 1.54) is 5.56 Å². The van der Waals surface area contributed by atoms with Crippen molar-refractivity contribution in [2.24, 2.45) is 0 Å². The van der Waals surface area contributed by atoms with E-state index in [4.69, 9.17) is 18.9 Å². The normalized spacial score (nSPS) is 17.1. The lowest BCUT2D eigenvalue weighted by molar-refractivity contribution is -0.139. The fourth-order valence-corrected chi connectivity index (χ4v) is 3.61. The molecule has 2 aliphatic rings. The van der Waals surface area contributed by atoms with Gasteiger partial charge in [-0.15, -0.1) is 0 Å². The van der Waals surface area contributed by atoms with Gasteiger partial charge < -0.3 is 23.8 Å². The first kappa shape index (κ1) is 19.4. The molecule has 1 atom stereocenters. The number of rotatable bonds is 6. The molecule has 154 valence electrons. The topological polar surface area (TPSA) is 60.5 Å². The van der Waals surface area contributed by atoms with Gasteiger partial charge in [0.2, 0.25) is 6.79 Å². The lowest BCUT2D eigenvalue weighted by Crippen LogP contribution is -2.51. The number of carbonyl (C=O) groups is 1. The SMILES string of the molecule is COc1cccc(OC(C)C(=O)N2CCN(Cc3ccc4c(c3)OCO4)CC2)c1. The van der Waals surface area contributed by atoms with Gasteiger partial charge in [-0.05, 0) is 36.8 Å². The third-order valence-corrected chi connectivity index (χ3v) is 5.23. The van der Waals surface area contributed by atoms with Gasteiger partial charge in [0.1, 0.15) is 11.5 Å². The second-order valence-corrected chi connectivity index (χ2v) is 7.23. The molecule has 7 nitrogen and oxygen atoms in total. The van der Waals surface area contributed by atoms with E-state index in [9.17, 15) is 4.79 Å². The van der Waals surface area contributed by atoms with Crippen molar-refractivity contribution in [2.45, 2.75) is 19.6 Å². The number of ether oxygens (including phenoxy) is 4. The van der Waals surface area contributed by atoms with Gasteiger partial charge >= 0.3 is 0 Å². The summed E-state index contributed by atoms with van der Waals surface area (Å²) in [6.07, 6.45) is -0.539. The van der Waals surface area contributed by atoms with Gasteiger partial charge in [-0.25, -0.2) is 0 Å². The molecule has 0 aliphatic carbocycles. The third-order valence-electron chi connectivity index (χ3n) is 5.23. The molecule has 2 aliphatic heterocycles.